The number of hydrogen-bond acceptors (Lipinski definition) is 9. The summed E-state index contributed by atoms with van der Waals surface area (Å²) >= 11 is 1.47. The smallest absolute Gasteiger partial charge is 0.272 e. The molecule has 0 aliphatic carbocycles. The van der Waals surface area contributed by atoms with Gasteiger partial charge in [-0.15, -0.1) is 11.8 Å². The summed E-state index contributed by atoms with van der Waals surface area (Å²) in [6.45, 7) is 2.89. The molecule has 0 radical (unpaired) electrons. The van der Waals surface area contributed by atoms with Gasteiger partial charge in [0.15, 0.2) is 0 Å². The summed E-state index contributed by atoms with van der Waals surface area (Å²) in [7, 11) is 0. The molecule has 256 valence electrons. The molecule has 1 atom stereocenters. The second-order valence-electron chi connectivity index (χ2n) is 12.5. The van der Waals surface area contributed by atoms with Crippen LogP contribution in [0.25, 0.3) is 10.8 Å². The Labute approximate surface area is 290 Å². The van der Waals surface area contributed by atoms with Crippen LogP contribution in [-0.4, -0.2) is 99.0 Å². The van der Waals surface area contributed by atoms with Crippen molar-refractivity contribution in [2.75, 3.05) is 38.5 Å². The van der Waals surface area contributed by atoms with E-state index in [1.54, 1.807) is 47.4 Å². The molecule has 5 amide bonds. The number of rotatable bonds is 9. The van der Waals surface area contributed by atoms with Gasteiger partial charge < -0.3 is 4.90 Å². The zero-order valence-corrected chi connectivity index (χ0v) is 27.8. The standard InChI is InChI=1S/C36H33FN6O6S/c37-26-10-9-21(20-27-22-5-1-2-6-23(22)32(45)40-39-27)19-25(26)34(47)42-16-14-41(15-17-42)13-4-18-50-29-8-3-7-24-31(29)36(49)43(35(24)48)28-11-12-30(44)38-33(28)46/h1-3,5-10,19,28H,4,11-18,20H2,(H,40,45)(H,38,44,46). The van der Waals surface area contributed by atoms with Gasteiger partial charge in [-0.1, -0.05) is 30.3 Å². The summed E-state index contributed by atoms with van der Waals surface area (Å²) < 4.78 is 14.9. The molecule has 4 heterocycles. The fraction of sp³-hybridized carbons (Fsp3) is 0.306. The normalized spacial score (nSPS) is 18.1. The second kappa shape index (κ2) is 14.0. The van der Waals surface area contributed by atoms with E-state index in [1.165, 1.54) is 17.8 Å². The fourth-order valence-electron chi connectivity index (χ4n) is 6.77. The Bertz CT molecular complexity index is 2110. The molecule has 4 aromatic rings. The third kappa shape index (κ3) is 6.43. The van der Waals surface area contributed by atoms with Gasteiger partial charge in [0.25, 0.3) is 23.3 Å². The van der Waals surface area contributed by atoms with E-state index >= 15 is 0 Å². The van der Waals surface area contributed by atoms with E-state index in [2.05, 4.69) is 20.4 Å². The van der Waals surface area contributed by atoms with Gasteiger partial charge in [-0.2, -0.15) is 5.10 Å². The summed E-state index contributed by atoms with van der Waals surface area (Å²) in [5.74, 6) is -2.40. The van der Waals surface area contributed by atoms with Crippen LogP contribution in [0.3, 0.4) is 0 Å². The summed E-state index contributed by atoms with van der Waals surface area (Å²) in [4.78, 5) is 81.6. The summed E-state index contributed by atoms with van der Waals surface area (Å²) in [6, 6.07) is 15.7. The lowest BCUT2D eigenvalue weighted by Gasteiger charge is -2.34. The minimum absolute atomic E-state index is 0.000622. The lowest BCUT2D eigenvalue weighted by atomic mass is 10.0. The monoisotopic (exact) mass is 696 g/mol. The van der Waals surface area contributed by atoms with E-state index in [-0.39, 0.29) is 35.4 Å². The van der Waals surface area contributed by atoms with E-state index in [0.29, 0.717) is 70.8 Å². The highest BCUT2D eigenvalue weighted by Gasteiger charge is 2.45. The number of halogens is 1. The lowest BCUT2D eigenvalue weighted by molar-refractivity contribution is -0.136. The zero-order chi connectivity index (χ0) is 34.9. The van der Waals surface area contributed by atoms with Crippen molar-refractivity contribution in [3.63, 3.8) is 0 Å². The molecule has 1 unspecified atom stereocenters. The number of benzene rings is 3. The summed E-state index contributed by atoms with van der Waals surface area (Å²) in [5, 5.41) is 10.2. The van der Waals surface area contributed by atoms with Crippen molar-refractivity contribution in [1.82, 2.24) is 30.2 Å². The molecule has 0 bridgehead atoms. The van der Waals surface area contributed by atoms with Crippen LogP contribution in [0.15, 0.2) is 70.4 Å². The quantitative estimate of drug-likeness (QED) is 0.153. The second-order valence-corrected chi connectivity index (χ2v) is 13.6. The zero-order valence-electron chi connectivity index (χ0n) is 26.9. The van der Waals surface area contributed by atoms with Gasteiger partial charge in [-0.3, -0.25) is 43.9 Å². The Morgan fingerprint density at radius 1 is 0.920 bits per heavy atom. The highest BCUT2D eigenvalue weighted by Crippen LogP contribution is 2.34. The van der Waals surface area contributed by atoms with E-state index in [1.807, 2.05) is 12.1 Å². The van der Waals surface area contributed by atoms with Crippen LogP contribution in [0.5, 0.6) is 0 Å². The maximum absolute atomic E-state index is 14.9. The van der Waals surface area contributed by atoms with Crippen molar-refractivity contribution < 1.29 is 28.4 Å². The molecule has 2 saturated heterocycles. The first-order chi connectivity index (χ1) is 24.2. The Balaban J connectivity index is 0.918. The molecule has 1 aromatic heterocycles. The van der Waals surface area contributed by atoms with Gasteiger partial charge in [-0.05, 0) is 61.0 Å². The van der Waals surface area contributed by atoms with Gasteiger partial charge >= 0.3 is 0 Å². The van der Waals surface area contributed by atoms with Crippen molar-refractivity contribution in [1.29, 1.82) is 0 Å². The first-order valence-electron chi connectivity index (χ1n) is 16.4. The number of amides is 5. The molecule has 3 aliphatic heterocycles. The van der Waals surface area contributed by atoms with Crippen molar-refractivity contribution in [2.45, 2.75) is 36.6 Å². The molecule has 14 heteroatoms. The predicted molar refractivity (Wildman–Crippen MR) is 182 cm³/mol. The SMILES string of the molecule is O=C1CCC(N2C(=O)c3cccc(SCCCN4CCN(C(=O)c5cc(Cc6n[nH]c(=O)c7ccccc67)ccc5F)CC4)c3C2=O)C(=O)N1. The average molecular weight is 697 g/mol. The van der Waals surface area contributed by atoms with Gasteiger partial charge in [0.2, 0.25) is 11.8 Å². The molecular formula is C36H33FN6O6S. The van der Waals surface area contributed by atoms with E-state index in [0.717, 1.165) is 17.9 Å². The van der Waals surface area contributed by atoms with Crippen molar-refractivity contribution in [2.24, 2.45) is 0 Å². The molecule has 2 N–H and O–H groups in total. The lowest BCUT2D eigenvalue weighted by Crippen LogP contribution is -2.54. The van der Waals surface area contributed by atoms with Gasteiger partial charge in [-0.25, -0.2) is 9.49 Å². The molecule has 12 nitrogen and oxygen atoms in total. The highest BCUT2D eigenvalue weighted by molar-refractivity contribution is 7.99. The maximum Gasteiger partial charge on any atom is 0.272 e. The van der Waals surface area contributed by atoms with Gasteiger partial charge in [0.05, 0.1) is 27.8 Å². The number of piperazine rings is 1. The van der Waals surface area contributed by atoms with Crippen molar-refractivity contribution in [3.05, 3.63) is 105 Å². The molecule has 7 rings (SSSR count). The van der Waals surface area contributed by atoms with E-state index < -0.39 is 35.5 Å². The minimum Gasteiger partial charge on any atom is -0.336 e. The van der Waals surface area contributed by atoms with Crippen LogP contribution in [0.4, 0.5) is 4.39 Å². The molecule has 3 aliphatic rings. The van der Waals surface area contributed by atoms with E-state index in [9.17, 15) is 33.2 Å². The Kier molecular flexibility index (Phi) is 9.29. The van der Waals surface area contributed by atoms with Crippen LogP contribution in [0.1, 0.15) is 61.6 Å². The van der Waals surface area contributed by atoms with Crippen LogP contribution in [-0.2, 0) is 16.0 Å². The topological polar surface area (TPSA) is 153 Å². The number of hydrogen-bond donors (Lipinski definition) is 2. The number of fused-ring (bicyclic) bond motifs is 2. The largest absolute Gasteiger partial charge is 0.336 e. The number of imide groups is 2. The van der Waals surface area contributed by atoms with Crippen LogP contribution >= 0.6 is 11.8 Å². The third-order valence-electron chi connectivity index (χ3n) is 9.37. The predicted octanol–water partition coefficient (Wildman–Crippen LogP) is 2.99. The molecule has 50 heavy (non-hydrogen) atoms. The summed E-state index contributed by atoms with van der Waals surface area (Å²) in [5.41, 5.74) is 1.59. The third-order valence-corrected chi connectivity index (χ3v) is 10.5. The molecular weight excluding hydrogens is 663 g/mol. The van der Waals surface area contributed by atoms with Crippen molar-refractivity contribution in [3.8, 4) is 0 Å². The molecule has 3 aromatic carbocycles. The maximum atomic E-state index is 14.9. The number of carbonyl (C=O) groups excluding carboxylic acids is 5. The van der Waals surface area contributed by atoms with Gasteiger partial charge in [0.1, 0.15) is 11.9 Å². The Hall–Kier alpha value is -5.21. The summed E-state index contributed by atoms with van der Waals surface area (Å²) in [6.07, 6.45) is 1.27. The first kappa shape index (κ1) is 33.3. The van der Waals surface area contributed by atoms with E-state index in [4.69, 9.17) is 0 Å². The first-order valence-corrected chi connectivity index (χ1v) is 17.4. The average Bonchev–Trinajstić information content (AvgIpc) is 3.38. The number of carbonyl (C=O) groups is 5. The molecule has 2 fully saturated rings. The number of nitrogens with one attached hydrogen (secondary N) is 2. The number of thioether (sulfide) groups is 1. The van der Waals surface area contributed by atoms with Gasteiger partial charge in [0, 0.05) is 49.3 Å². The number of aromatic amines is 1. The number of aromatic nitrogens is 2. The number of piperidine rings is 1. The highest BCUT2D eigenvalue weighted by atomic mass is 32.2. The number of nitrogens with zero attached hydrogens (tertiary/aromatic N) is 4. The minimum atomic E-state index is -1.01. The molecule has 0 saturated carbocycles. The van der Waals surface area contributed by atoms with Crippen LogP contribution < -0.4 is 10.9 Å². The van der Waals surface area contributed by atoms with Crippen LogP contribution in [0.2, 0.25) is 0 Å². The Morgan fingerprint density at radius 2 is 1.70 bits per heavy atom. The Morgan fingerprint density at radius 3 is 2.48 bits per heavy atom. The number of H-pyrrole nitrogens is 1. The van der Waals surface area contributed by atoms with Crippen LogP contribution in [0, 0.1) is 5.82 Å². The molecule has 0 spiro atoms. The van der Waals surface area contributed by atoms with Crippen molar-refractivity contribution >= 4 is 52.1 Å². The fourth-order valence-corrected chi connectivity index (χ4v) is 7.78.